The lowest BCUT2D eigenvalue weighted by Crippen LogP contribution is -2.17. The summed E-state index contributed by atoms with van der Waals surface area (Å²) in [6, 6.07) is 13.7. The quantitative estimate of drug-likeness (QED) is 0.650. The van der Waals surface area contributed by atoms with E-state index >= 15 is 0 Å². The minimum atomic E-state index is -3.52. The number of nitrogens with zero attached hydrogens (tertiary/aromatic N) is 2. The van der Waals surface area contributed by atoms with E-state index in [4.69, 9.17) is 11.6 Å². The zero-order chi connectivity index (χ0) is 19.4. The van der Waals surface area contributed by atoms with Gasteiger partial charge in [-0.3, -0.25) is 4.79 Å². The zero-order valence-corrected chi connectivity index (χ0v) is 16.7. The second-order valence-electron chi connectivity index (χ2n) is 5.82. The summed E-state index contributed by atoms with van der Waals surface area (Å²) in [7, 11) is -3.52. The molecule has 1 N–H and O–H groups in total. The van der Waals surface area contributed by atoms with Crippen LogP contribution in [0.1, 0.15) is 12.0 Å². The van der Waals surface area contributed by atoms with Crippen molar-refractivity contribution >= 4 is 43.8 Å². The molecular formula is C18H16ClN3O3S2. The first-order valence-corrected chi connectivity index (χ1v) is 10.9. The van der Waals surface area contributed by atoms with Gasteiger partial charge in [-0.05, 0) is 25.1 Å². The minimum absolute atomic E-state index is 0.169. The maximum atomic E-state index is 12.3. The molecular weight excluding hydrogens is 406 g/mol. The molecule has 3 aromatic rings. The van der Waals surface area contributed by atoms with E-state index in [1.54, 1.807) is 30.3 Å². The summed E-state index contributed by atoms with van der Waals surface area (Å²) in [5.41, 5.74) is 1.69. The first kappa shape index (κ1) is 19.5. The van der Waals surface area contributed by atoms with Crippen molar-refractivity contribution < 1.29 is 13.2 Å². The SMILES string of the molecule is Cc1ccc(S(=O)(=O)CCC(=O)Nc2nnc(-c3ccccc3Cl)s2)cc1. The molecule has 1 aromatic heterocycles. The summed E-state index contributed by atoms with van der Waals surface area (Å²) in [5.74, 6) is -0.717. The second-order valence-corrected chi connectivity index (χ2v) is 9.32. The highest BCUT2D eigenvalue weighted by Crippen LogP contribution is 2.31. The number of rotatable bonds is 6. The van der Waals surface area contributed by atoms with Crippen LogP contribution in [0.25, 0.3) is 10.6 Å². The van der Waals surface area contributed by atoms with E-state index in [1.807, 2.05) is 25.1 Å². The monoisotopic (exact) mass is 421 g/mol. The molecule has 0 aliphatic rings. The van der Waals surface area contributed by atoms with Gasteiger partial charge in [0.1, 0.15) is 0 Å². The Kier molecular flexibility index (Phi) is 5.88. The number of amides is 1. The topological polar surface area (TPSA) is 89.0 Å². The average Bonchev–Trinajstić information content (AvgIpc) is 3.09. The normalized spacial score (nSPS) is 11.3. The molecule has 27 heavy (non-hydrogen) atoms. The molecule has 0 aliphatic carbocycles. The number of sulfone groups is 1. The maximum Gasteiger partial charge on any atom is 0.227 e. The Morgan fingerprint density at radius 3 is 2.52 bits per heavy atom. The molecule has 1 amide bonds. The number of aromatic nitrogens is 2. The molecule has 0 atom stereocenters. The van der Waals surface area contributed by atoms with Crippen molar-refractivity contribution in [3.63, 3.8) is 0 Å². The van der Waals surface area contributed by atoms with Crippen LogP contribution in [-0.4, -0.2) is 30.3 Å². The lowest BCUT2D eigenvalue weighted by molar-refractivity contribution is -0.115. The van der Waals surface area contributed by atoms with E-state index in [0.29, 0.717) is 15.2 Å². The van der Waals surface area contributed by atoms with Crippen LogP contribution >= 0.6 is 22.9 Å². The van der Waals surface area contributed by atoms with Crippen LogP contribution in [0.3, 0.4) is 0 Å². The van der Waals surface area contributed by atoms with Crippen molar-refractivity contribution in [3.8, 4) is 10.6 Å². The fourth-order valence-corrected chi connectivity index (χ4v) is 4.61. The number of hydrogen-bond acceptors (Lipinski definition) is 6. The van der Waals surface area contributed by atoms with Crippen LogP contribution in [0.2, 0.25) is 5.02 Å². The third-order valence-corrected chi connectivity index (χ3v) is 6.69. The van der Waals surface area contributed by atoms with E-state index < -0.39 is 15.7 Å². The van der Waals surface area contributed by atoms with Crippen LogP contribution in [-0.2, 0) is 14.6 Å². The molecule has 1 heterocycles. The summed E-state index contributed by atoms with van der Waals surface area (Å²) in [5, 5.41) is 11.9. The summed E-state index contributed by atoms with van der Waals surface area (Å²) >= 11 is 7.30. The second kappa shape index (κ2) is 8.16. The molecule has 0 unspecified atom stereocenters. The molecule has 2 aromatic carbocycles. The van der Waals surface area contributed by atoms with Crippen LogP contribution in [0.5, 0.6) is 0 Å². The Morgan fingerprint density at radius 1 is 1.11 bits per heavy atom. The number of nitrogens with one attached hydrogen (secondary N) is 1. The van der Waals surface area contributed by atoms with Crippen molar-refractivity contribution in [1.29, 1.82) is 0 Å². The highest BCUT2D eigenvalue weighted by atomic mass is 35.5. The van der Waals surface area contributed by atoms with E-state index in [2.05, 4.69) is 15.5 Å². The van der Waals surface area contributed by atoms with Gasteiger partial charge in [-0.15, -0.1) is 10.2 Å². The van der Waals surface area contributed by atoms with Crippen molar-refractivity contribution in [3.05, 3.63) is 59.1 Å². The molecule has 0 saturated heterocycles. The van der Waals surface area contributed by atoms with Gasteiger partial charge in [0.05, 0.1) is 15.7 Å². The Bertz CT molecular complexity index is 1060. The fourth-order valence-electron chi connectivity index (χ4n) is 2.29. The Morgan fingerprint density at radius 2 is 1.81 bits per heavy atom. The lowest BCUT2D eigenvalue weighted by atomic mass is 10.2. The summed E-state index contributed by atoms with van der Waals surface area (Å²) in [6.45, 7) is 1.88. The van der Waals surface area contributed by atoms with E-state index in [9.17, 15) is 13.2 Å². The first-order chi connectivity index (χ1) is 12.8. The number of hydrogen-bond donors (Lipinski definition) is 1. The van der Waals surface area contributed by atoms with Crippen LogP contribution < -0.4 is 5.32 Å². The van der Waals surface area contributed by atoms with Crippen molar-refractivity contribution in [2.75, 3.05) is 11.1 Å². The van der Waals surface area contributed by atoms with Gasteiger partial charge in [-0.25, -0.2) is 8.42 Å². The summed E-state index contributed by atoms with van der Waals surface area (Å²) in [6.07, 6.45) is -0.169. The molecule has 0 radical (unpaired) electrons. The van der Waals surface area contributed by atoms with Crippen LogP contribution in [0.15, 0.2) is 53.4 Å². The molecule has 6 nitrogen and oxygen atoms in total. The van der Waals surface area contributed by atoms with Gasteiger partial charge in [-0.2, -0.15) is 0 Å². The molecule has 0 spiro atoms. The highest BCUT2D eigenvalue weighted by molar-refractivity contribution is 7.91. The Balaban J connectivity index is 1.62. The third kappa shape index (κ3) is 4.91. The Labute approximate surface area is 166 Å². The first-order valence-electron chi connectivity index (χ1n) is 8.03. The predicted molar refractivity (Wildman–Crippen MR) is 107 cm³/mol. The van der Waals surface area contributed by atoms with E-state index in [0.717, 1.165) is 11.1 Å². The smallest absolute Gasteiger partial charge is 0.227 e. The summed E-state index contributed by atoms with van der Waals surface area (Å²) in [4.78, 5) is 12.3. The molecule has 0 saturated carbocycles. The summed E-state index contributed by atoms with van der Waals surface area (Å²) < 4.78 is 24.6. The Hall–Kier alpha value is -2.29. The molecule has 140 valence electrons. The highest BCUT2D eigenvalue weighted by Gasteiger charge is 2.17. The van der Waals surface area contributed by atoms with Gasteiger partial charge in [0, 0.05) is 12.0 Å². The largest absolute Gasteiger partial charge is 0.300 e. The third-order valence-electron chi connectivity index (χ3n) is 3.75. The van der Waals surface area contributed by atoms with Gasteiger partial charge in [-0.1, -0.05) is 58.8 Å². The van der Waals surface area contributed by atoms with Crippen LogP contribution in [0.4, 0.5) is 5.13 Å². The maximum absolute atomic E-state index is 12.3. The number of benzene rings is 2. The van der Waals surface area contributed by atoms with Crippen molar-refractivity contribution in [2.24, 2.45) is 0 Å². The molecule has 0 aliphatic heterocycles. The number of carbonyl (C=O) groups is 1. The standard InChI is InChI=1S/C18H16ClN3O3S2/c1-12-6-8-13(9-7-12)27(24,25)11-10-16(23)20-18-22-21-17(26-18)14-4-2-3-5-15(14)19/h2-9H,10-11H2,1H3,(H,20,22,23). The van der Waals surface area contributed by atoms with Crippen molar-refractivity contribution in [1.82, 2.24) is 10.2 Å². The fraction of sp³-hybridized carbons (Fsp3) is 0.167. The molecule has 0 fully saturated rings. The zero-order valence-electron chi connectivity index (χ0n) is 14.3. The van der Waals surface area contributed by atoms with Gasteiger partial charge >= 0.3 is 0 Å². The number of halogens is 1. The lowest BCUT2D eigenvalue weighted by Gasteiger charge is -2.05. The minimum Gasteiger partial charge on any atom is -0.300 e. The van der Waals surface area contributed by atoms with Crippen molar-refractivity contribution in [2.45, 2.75) is 18.2 Å². The number of carbonyl (C=O) groups excluding carboxylic acids is 1. The molecule has 9 heteroatoms. The number of aryl methyl sites for hydroxylation is 1. The number of anilines is 1. The van der Waals surface area contributed by atoms with Gasteiger partial charge in [0.2, 0.25) is 11.0 Å². The van der Waals surface area contributed by atoms with E-state index in [-0.39, 0.29) is 17.1 Å². The van der Waals surface area contributed by atoms with Gasteiger partial charge in [0.25, 0.3) is 0 Å². The molecule has 0 bridgehead atoms. The van der Waals surface area contributed by atoms with E-state index in [1.165, 1.54) is 11.3 Å². The van der Waals surface area contributed by atoms with Gasteiger partial charge in [0.15, 0.2) is 14.8 Å². The van der Waals surface area contributed by atoms with Crippen LogP contribution in [0, 0.1) is 6.92 Å². The predicted octanol–water partition coefficient (Wildman–Crippen LogP) is 3.97. The average molecular weight is 422 g/mol. The molecule has 3 rings (SSSR count). The van der Waals surface area contributed by atoms with Gasteiger partial charge < -0.3 is 5.32 Å².